The summed E-state index contributed by atoms with van der Waals surface area (Å²) in [6, 6.07) is 19.1. The van der Waals surface area contributed by atoms with E-state index >= 15 is 0 Å². The molecule has 47 heavy (non-hydrogen) atoms. The van der Waals surface area contributed by atoms with E-state index in [0.717, 1.165) is 39.8 Å². The van der Waals surface area contributed by atoms with E-state index in [9.17, 15) is 9.59 Å². The van der Waals surface area contributed by atoms with Gasteiger partial charge >= 0.3 is 0 Å². The van der Waals surface area contributed by atoms with E-state index in [1.54, 1.807) is 19.5 Å². The SMILES string of the molecule is COc1nc(-c2cccc(-c3cccc(-c4ccn5c(=O)c(CNC[C@H]6CCC(=O)N6)cnc5c4)c3Cl)c2Cl)ccc1CNCCO. The number of carbonyl (C=O) groups excluding carboxylic acids is 1. The smallest absolute Gasteiger partial charge is 0.262 e. The van der Waals surface area contributed by atoms with E-state index in [4.69, 9.17) is 38.0 Å². The van der Waals surface area contributed by atoms with Crippen LogP contribution in [0.5, 0.6) is 5.88 Å². The highest BCUT2D eigenvalue weighted by Crippen LogP contribution is 2.42. The highest BCUT2D eigenvalue weighted by molar-refractivity contribution is 6.39. The van der Waals surface area contributed by atoms with Crippen molar-refractivity contribution in [2.45, 2.75) is 32.0 Å². The number of nitrogens with one attached hydrogen (secondary N) is 3. The van der Waals surface area contributed by atoms with Crippen LogP contribution in [0.15, 0.2) is 77.9 Å². The number of rotatable bonds is 12. The van der Waals surface area contributed by atoms with Crippen molar-refractivity contribution in [1.29, 1.82) is 0 Å². The molecule has 0 spiro atoms. The number of aromatic nitrogens is 3. The van der Waals surface area contributed by atoms with Crippen LogP contribution >= 0.6 is 23.2 Å². The van der Waals surface area contributed by atoms with Gasteiger partial charge in [-0.15, -0.1) is 0 Å². The zero-order chi connectivity index (χ0) is 32.9. The lowest BCUT2D eigenvalue weighted by atomic mass is 9.97. The Hall–Kier alpha value is -4.32. The van der Waals surface area contributed by atoms with Crippen LogP contribution in [-0.2, 0) is 17.9 Å². The summed E-state index contributed by atoms with van der Waals surface area (Å²) in [4.78, 5) is 33.9. The summed E-state index contributed by atoms with van der Waals surface area (Å²) in [5.74, 6) is 0.535. The number of methoxy groups -OCH3 is 1. The molecular weight excluding hydrogens is 639 g/mol. The van der Waals surface area contributed by atoms with Crippen LogP contribution < -0.4 is 26.2 Å². The van der Waals surface area contributed by atoms with Gasteiger partial charge in [0.15, 0.2) is 0 Å². The first-order valence-corrected chi connectivity index (χ1v) is 16.1. The first-order chi connectivity index (χ1) is 22.9. The fourth-order valence-corrected chi connectivity index (χ4v) is 6.41. The second kappa shape index (κ2) is 14.6. The van der Waals surface area contributed by atoms with Gasteiger partial charge in [-0.05, 0) is 30.2 Å². The molecule has 6 rings (SSSR count). The Bertz CT molecular complexity index is 2000. The summed E-state index contributed by atoms with van der Waals surface area (Å²) in [5, 5.41) is 19.4. The summed E-state index contributed by atoms with van der Waals surface area (Å²) in [5.41, 5.74) is 6.18. The molecule has 1 fully saturated rings. The number of halogens is 2. The molecule has 12 heteroatoms. The molecule has 5 aromatic rings. The van der Waals surface area contributed by atoms with Crippen molar-refractivity contribution in [3.05, 3.63) is 105 Å². The highest BCUT2D eigenvalue weighted by atomic mass is 35.5. The number of hydrogen-bond donors (Lipinski definition) is 4. The minimum absolute atomic E-state index is 0.0430. The fourth-order valence-electron chi connectivity index (χ4n) is 5.75. The van der Waals surface area contributed by atoms with Gasteiger partial charge in [-0.3, -0.25) is 14.0 Å². The lowest BCUT2D eigenvalue weighted by Gasteiger charge is -2.15. The van der Waals surface area contributed by atoms with Crippen LogP contribution in [0.1, 0.15) is 24.0 Å². The van der Waals surface area contributed by atoms with E-state index < -0.39 is 0 Å². The van der Waals surface area contributed by atoms with Crippen molar-refractivity contribution in [2.75, 3.05) is 26.8 Å². The fraction of sp³-hybridized carbons (Fsp3) is 0.257. The molecule has 0 radical (unpaired) electrons. The molecule has 0 bridgehead atoms. The van der Waals surface area contributed by atoms with Gasteiger partial charge in [-0.2, -0.15) is 0 Å². The van der Waals surface area contributed by atoms with Crippen LogP contribution in [0.4, 0.5) is 0 Å². The lowest BCUT2D eigenvalue weighted by Crippen LogP contribution is -2.36. The third kappa shape index (κ3) is 7.02. The molecule has 0 saturated carbocycles. The van der Waals surface area contributed by atoms with Gasteiger partial charge in [0.2, 0.25) is 11.8 Å². The van der Waals surface area contributed by atoms with Crippen LogP contribution in [0.2, 0.25) is 10.0 Å². The molecule has 0 aliphatic carbocycles. The van der Waals surface area contributed by atoms with Gasteiger partial charge < -0.3 is 25.8 Å². The molecular formula is C35H34Cl2N6O4. The van der Waals surface area contributed by atoms with Crippen LogP contribution in [0.25, 0.3) is 39.2 Å². The average molecular weight is 674 g/mol. The van der Waals surface area contributed by atoms with Gasteiger partial charge in [0.25, 0.3) is 5.56 Å². The molecule has 1 aliphatic rings. The Labute approximate surface area is 281 Å². The highest BCUT2D eigenvalue weighted by Gasteiger charge is 2.21. The molecule has 4 N–H and O–H groups in total. The maximum Gasteiger partial charge on any atom is 0.262 e. The Morgan fingerprint density at radius 3 is 2.40 bits per heavy atom. The van der Waals surface area contributed by atoms with Crippen molar-refractivity contribution in [1.82, 2.24) is 30.3 Å². The van der Waals surface area contributed by atoms with E-state index in [1.165, 1.54) is 4.40 Å². The number of pyridine rings is 2. The Balaban J connectivity index is 1.26. The number of aliphatic hydroxyl groups is 1. The number of amides is 1. The summed E-state index contributed by atoms with van der Waals surface area (Å²) in [6.07, 6.45) is 4.62. The Morgan fingerprint density at radius 1 is 0.957 bits per heavy atom. The monoisotopic (exact) mass is 672 g/mol. The molecule has 1 saturated heterocycles. The van der Waals surface area contributed by atoms with Crippen molar-refractivity contribution < 1.29 is 14.6 Å². The van der Waals surface area contributed by atoms with Crippen molar-refractivity contribution in [2.24, 2.45) is 0 Å². The van der Waals surface area contributed by atoms with Gasteiger partial charge in [0.05, 0.1) is 29.5 Å². The molecule has 10 nitrogen and oxygen atoms in total. The number of ether oxygens (including phenoxy) is 1. The summed E-state index contributed by atoms with van der Waals surface area (Å²) < 4.78 is 7.06. The van der Waals surface area contributed by atoms with Gasteiger partial charge in [0.1, 0.15) is 5.65 Å². The van der Waals surface area contributed by atoms with Crippen LogP contribution in [-0.4, -0.2) is 58.2 Å². The molecule has 3 aromatic heterocycles. The third-order valence-corrected chi connectivity index (χ3v) is 9.00. The zero-order valence-electron chi connectivity index (χ0n) is 25.7. The number of hydrogen-bond acceptors (Lipinski definition) is 8. The van der Waals surface area contributed by atoms with Crippen molar-refractivity contribution in [3.63, 3.8) is 0 Å². The minimum Gasteiger partial charge on any atom is -0.481 e. The Kier molecular flexibility index (Phi) is 10.1. The molecule has 4 heterocycles. The summed E-state index contributed by atoms with van der Waals surface area (Å²) in [7, 11) is 1.57. The second-order valence-corrected chi connectivity index (χ2v) is 12.0. The van der Waals surface area contributed by atoms with E-state index in [0.29, 0.717) is 65.4 Å². The minimum atomic E-state index is -0.160. The summed E-state index contributed by atoms with van der Waals surface area (Å²) in [6.45, 7) is 1.96. The van der Waals surface area contributed by atoms with E-state index in [1.807, 2.05) is 60.7 Å². The quantitative estimate of drug-likeness (QED) is 0.138. The molecule has 0 unspecified atom stereocenters. The van der Waals surface area contributed by atoms with E-state index in [-0.39, 0.29) is 24.1 Å². The lowest BCUT2D eigenvalue weighted by molar-refractivity contribution is -0.119. The first kappa shape index (κ1) is 32.6. The predicted molar refractivity (Wildman–Crippen MR) is 184 cm³/mol. The van der Waals surface area contributed by atoms with Crippen LogP contribution in [0.3, 0.4) is 0 Å². The van der Waals surface area contributed by atoms with Crippen LogP contribution in [0, 0.1) is 0 Å². The maximum atomic E-state index is 13.2. The number of fused-ring (bicyclic) bond motifs is 1. The number of carbonyl (C=O) groups is 1. The second-order valence-electron chi connectivity index (χ2n) is 11.3. The zero-order valence-corrected chi connectivity index (χ0v) is 27.2. The normalized spacial score (nSPS) is 14.5. The topological polar surface area (TPSA) is 130 Å². The van der Waals surface area contributed by atoms with Crippen molar-refractivity contribution >= 4 is 34.8 Å². The molecule has 242 valence electrons. The summed E-state index contributed by atoms with van der Waals surface area (Å²) >= 11 is 14.1. The van der Waals surface area contributed by atoms with Gasteiger partial charge in [-0.25, -0.2) is 9.97 Å². The number of aliphatic hydroxyl groups excluding tert-OH is 1. The standard InChI is InChI=1S/C35H34Cl2N6O4/c1-47-34-22(17-38-13-15-44)8-10-29(42-34)28-7-3-6-27(33(28)37)26-5-2-4-25(32(26)36)21-12-14-43-30(16-21)40-19-23(35(43)46)18-39-20-24-9-11-31(45)41-24/h2-8,10,12,14,16,19,24,38-39,44H,9,11,13,15,17-18,20H2,1H3,(H,41,45)/t24-/m1/s1. The van der Waals surface area contributed by atoms with Crippen molar-refractivity contribution in [3.8, 4) is 39.4 Å². The largest absolute Gasteiger partial charge is 0.481 e. The third-order valence-electron chi connectivity index (χ3n) is 8.18. The number of nitrogens with zero attached hydrogens (tertiary/aromatic N) is 3. The van der Waals surface area contributed by atoms with E-state index in [2.05, 4.69) is 20.9 Å². The number of benzene rings is 2. The molecule has 2 aromatic carbocycles. The average Bonchev–Trinajstić information content (AvgIpc) is 3.51. The first-order valence-electron chi connectivity index (χ1n) is 15.3. The maximum absolute atomic E-state index is 13.2. The van der Waals surface area contributed by atoms with Gasteiger partial charge in [-0.1, -0.05) is 65.7 Å². The molecule has 1 amide bonds. The molecule has 1 atom stereocenters. The molecule has 1 aliphatic heterocycles. The predicted octanol–water partition coefficient (Wildman–Crippen LogP) is 4.86. The Morgan fingerprint density at radius 2 is 1.68 bits per heavy atom. The van der Waals surface area contributed by atoms with Gasteiger partial charge in [0, 0.05) is 84.4 Å².